The second kappa shape index (κ2) is 6.80. The van der Waals surface area contributed by atoms with Gasteiger partial charge in [-0.25, -0.2) is 19.6 Å². The lowest BCUT2D eigenvalue weighted by Gasteiger charge is -2.37. The van der Waals surface area contributed by atoms with Crippen molar-refractivity contribution < 1.29 is 4.79 Å². The molecule has 0 saturated heterocycles. The molecule has 1 atom stereocenters. The predicted octanol–water partition coefficient (Wildman–Crippen LogP) is 2.84. The normalized spacial score (nSPS) is 16.4. The number of rotatable bonds is 3. The molecule has 29 heavy (non-hydrogen) atoms. The summed E-state index contributed by atoms with van der Waals surface area (Å²) in [4.78, 5) is 28.6. The third-order valence-corrected chi connectivity index (χ3v) is 5.23. The van der Waals surface area contributed by atoms with Crippen molar-refractivity contribution in [2.75, 3.05) is 6.54 Å². The Kier molecular flexibility index (Phi) is 4.12. The zero-order valence-corrected chi connectivity index (χ0v) is 16.3. The first-order chi connectivity index (χ1) is 14.1. The summed E-state index contributed by atoms with van der Waals surface area (Å²) < 4.78 is 3.69. The predicted molar refractivity (Wildman–Crippen MR) is 107 cm³/mol. The highest BCUT2D eigenvalue weighted by atomic mass is 16.2. The van der Waals surface area contributed by atoms with Crippen molar-refractivity contribution in [2.24, 2.45) is 5.92 Å². The Bertz CT molecular complexity index is 1150. The van der Waals surface area contributed by atoms with Gasteiger partial charge in [-0.3, -0.25) is 9.20 Å². The summed E-state index contributed by atoms with van der Waals surface area (Å²) in [5.41, 5.74) is 1.37. The van der Waals surface area contributed by atoms with E-state index in [-0.39, 0.29) is 17.9 Å². The highest BCUT2D eigenvalue weighted by Crippen LogP contribution is 2.33. The lowest BCUT2D eigenvalue weighted by atomic mass is 9.99. The average Bonchev–Trinajstić information content (AvgIpc) is 3.37. The first-order valence-corrected chi connectivity index (χ1v) is 9.72. The Morgan fingerprint density at radius 2 is 1.93 bits per heavy atom. The molecule has 0 fully saturated rings. The van der Waals surface area contributed by atoms with Gasteiger partial charge in [-0.1, -0.05) is 44.2 Å². The van der Waals surface area contributed by atoms with Gasteiger partial charge in [-0.05, 0) is 12.0 Å². The summed E-state index contributed by atoms with van der Waals surface area (Å²) in [6.45, 7) is 5.37. The maximum Gasteiger partial charge on any atom is 0.274 e. The van der Waals surface area contributed by atoms with Crippen LogP contribution in [0.1, 0.15) is 36.2 Å². The number of carbonyl (C=O) groups is 1. The number of fused-ring (bicyclic) bond motifs is 2. The number of nitrogens with zero attached hydrogens (tertiary/aromatic N) is 7. The number of carbonyl (C=O) groups excluding carboxylic acids is 1. The second-order valence-electron chi connectivity index (χ2n) is 7.52. The van der Waals surface area contributed by atoms with Gasteiger partial charge in [0.1, 0.15) is 5.69 Å². The Balaban J connectivity index is 1.52. The standard InChI is InChI=1S/C21H21N7O/c1-14(2)17-19-24-18(15-7-4-3-5-8-15)25-28(19)12-11-27(17)20(29)16-13-26-10-6-9-22-21(26)23-16/h3-10,13-14,17H,11-12H2,1-2H3/t17-/m0/s1. The average molecular weight is 387 g/mol. The van der Waals surface area contributed by atoms with Crippen LogP contribution in [0.3, 0.4) is 0 Å². The van der Waals surface area contributed by atoms with Gasteiger partial charge in [0.25, 0.3) is 5.91 Å². The van der Waals surface area contributed by atoms with Gasteiger partial charge < -0.3 is 4.90 Å². The van der Waals surface area contributed by atoms with Gasteiger partial charge in [0.15, 0.2) is 11.6 Å². The molecule has 3 aromatic heterocycles. The van der Waals surface area contributed by atoms with Crippen LogP contribution in [0, 0.1) is 5.92 Å². The quantitative estimate of drug-likeness (QED) is 0.540. The van der Waals surface area contributed by atoms with Crippen molar-refractivity contribution in [3.05, 3.63) is 66.5 Å². The molecule has 4 heterocycles. The minimum atomic E-state index is -0.168. The fourth-order valence-corrected chi connectivity index (χ4v) is 3.89. The Morgan fingerprint density at radius 3 is 2.69 bits per heavy atom. The maximum atomic E-state index is 13.3. The van der Waals surface area contributed by atoms with Crippen molar-refractivity contribution in [1.82, 2.24) is 34.0 Å². The van der Waals surface area contributed by atoms with Gasteiger partial charge in [0.2, 0.25) is 5.78 Å². The van der Waals surface area contributed by atoms with Crippen molar-refractivity contribution in [3.8, 4) is 11.4 Å². The SMILES string of the molecule is CC(C)[C@H]1c2nc(-c3ccccc3)nn2CCN1C(=O)c1cn2cccnc2n1. The Morgan fingerprint density at radius 1 is 1.10 bits per heavy atom. The first kappa shape index (κ1) is 17.5. The van der Waals surface area contributed by atoms with E-state index in [1.165, 1.54) is 0 Å². The molecule has 8 heteroatoms. The number of aromatic nitrogens is 6. The van der Waals surface area contributed by atoms with E-state index in [9.17, 15) is 4.79 Å². The van der Waals surface area contributed by atoms with Crippen LogP contribution in [-0.4, -0.2) is 46.5 Å². The van der Waals surface area contributed by atoms with Crippen molar-refractivity contribution in [2.45, 2.75) is 26.4 Å². The van der Waals surface area contributed by atoms with E-state index in [1.807, 2.05) is 52.2 Å². The number of hydrogen-bond acceptors (Lipinski definition) is 5. The molecule has 0 unspecified atom stereocenters. The van der Waals surface area contributed by atoms with E-state index in [2.05, 4.69) is 23.8 Å². The molecule has 0 saturated carbocycles. The van der Waals surface area contributed by atoms with Gasteiger partial charge in [0, 0.05) is 30.7 Å². The van der Waals surface area contributed by atoms with Crippen LogP contribution in [0.2, 0.25) is 0 Å². The summed E-state index contributed by atoms with van der Waals surface area (Å²) >= 11 is 0. The van der Waals surface area contributed by atoms with Crippen LogP contribution in [0.15, 0.2) is 55.0 Å². The third-order valence-electron chi connectivity index (χ3n) is 5.23. The molecule has 5 rings (SSSR count). The van der Waals surface area contributed by atoms with E-state index in [0.717, 1.165) is 11.4 Å². The number of amides is 1. The maximum absolute atomic E-state index is 13.3. The fourth-order valence-electron chi connectivity index (χ4n) is 3.89. The van der Waals surface area contributed by atoms with E-state index in [0.29, 0.717) is 30.4 Å². The van der Waals surface area contributed by atoms with Crippen molar-refractivity contribution >= 4 is 11.7 Å². The van der Waals surface area contributed by atoms with Gasteiger partial charge in [0.05, 0.1) is 12.6 Å². The van der Waals surface area contributed by atoms with Crippen LogP contribution < -0.4 is 0 Å². The molecule has 1 aromatic carbocycles. The van der Waals surface area contributed by atoms with E-state index in [4.69, 9.17) is 10.1 Å². The Labute approximate surface area is 167 Å². The minimum absolute atomic E-state index is 0.107. The topological polar surface area (TPSA) is 81.2 Å². The van der Waals surface area contributed by atoms with Gasteiger partial charge in [-0.15, -0.1) is 0 Å². The first-order valence-electron chi connectivity index (χ1n) is 9.72. The number of benzene rings is 1. The van der Waals surface area contributed by atoms with E-state index < -0.39 is 0 Å². The molecular weight excluding hydrogens is 366 g/mol. The Hall–Kier alpha value is -3.55. The summed E-state index contributed by atoms with van der Waals surface area (Å²) in [6, 6.07) is 11.6. The molecule has 8 nitrogen and oxygen atoms in total. The summed E-state index contributed by atoms with van der Waals surface area (Å²) in [5, 5.41) is 4.69. The third kappa shape index (κ3) is 2.97. The molecule has 0 radical (unpaired) electrons. The molecule has 1 aliphatic heterocycles. The van der Waals surface area contributed by atoms with E-state index in [1.54, 1.807) is 16.8 Å². The number of imidazole rings is 1. The number of hydrogen-bond donors (Lipinski definition) is 0. The van der Waals surface area contributed by atoms with Gasteiger partial charge >= 0.3 is 0 Å². The van der Waals surface area contributed by atoms with E-state index >= 15 is 0 Å². The second-order valence-corrected chi connectivity index (χ2v) is 7.52. The lowest BCUT2D eigenvalue weighted by molar-refractivity contribution is 0.0531. The molecule has 4 aromatic rings. The molecule has 1 amide bonds. The van der Waals surface area contributed by atoms with Crippen LogP contribution in [0.25, 0.3) is 17.2 Å². The highest BCUT2D eigenvalue weighted by molar-refractivity contribution is 5.93. The highest BCUT2D eigenvalue weighted by Gasteiger charge is 2.37. The van der Waals surface area contributed by atoms with Crippen LogP contribution in [0.4, 0.5) is 0 Å². The van der Waals surface area contributed by atoms with Crippen LogP contribution in [-0.2, 0) is 6.54 Å². The van der Waals surface area contributed by atoms with Gasteiger partial charge in [-0.2, -0.15) is 5.10 Å². The molecule has 0 N–H and O–H groups in total. The zero-order chi connectivity index (χ0) is 20.0. The summed E-state index contributed by atoms with van der Waals surface area (Å²) in [6.07, 6.45) is 5.24. The molecule has 146 valence electrons. The summed E-state index contributed by atoms with van der Waals surface area (Å²) in [7, 11) is 0. The lowest BCUT2D eigenvalue weighted by Crippen LogP contribution is -2.44. The molecule has 0 aliphatic carbocycles. The van der Waals surface area contributed by atoms with Crippen molar-refractivity contribution in [3.63, 3.8) is 0 Å². The van der Waals surface area contributed by atoms with Crippen LogP contribution in [0.5, 0.6) is 0 Å². The summed E-state index contributed by atoms with van der Waals surface area (Å²) in [5.74, 6) is 2.10. The minimum Gasteiger partial charge on any atom is -0.325 e. The fraction of sp³-hybridized carbons (Fsp3) is 0.286. The zero-order valence-electron chi connectivity index (χ0n) is 16.3. The smallest absolute Gasteiger partial charge is 0.274 e. The monoisotopic (exact) mass is 387 g/mol. The largest absolute Gasteiger partial charge is 0.325 e. The molecular formula is C21H21N7O. The molecule has 1 aliphatic rings. The molecule has 0 spiro atoms. The van der Waals surface area contributed by atoms with Crippen molar-refractivity contribution in [1.29, 1.82) is 0 Å². The molecule has 0 bridgehead atoms. The van der Waals surface area contributed by atoms with Crippen LogP contribution >= 0.6 is 0 Å².